The predicted molar refractivity (Wildman–Crippen MR) is 69.7 cm³/mol. The van der Waals surface area contributed by atoms with E-state index in [4.69, 9.17) is 9.84 Å². The highest BCUT2D eigenvalue weighted by Crippen LogP contribution is 2.08. The first-order valence-corrected chi connectivity index (χ1v) is 6.96. The Labute approximate surface area is 111 Å². The summed E-state index contributed by atoms with van der Waals surface area (Å²) in [4.78, 5) is 21.6. The van der Waals surface area contributed by atoms with Gasteiger partial charge in [0, 0.05) is 19.3 Å². The van der Waals surface area contributed by atoms with Crippen LogP contribution in [-0.2, 0) is 14.3 Å². The summed E-state index contributed by atoms with van der Waals surface area (Å²) in [7, 11) is 0. The minimum absolute atomic E-state index is 0.289. The number of ether oxygens (including phenoxy) is 1. The minimum atomic E-state index is -1.04. The van der Waals surface area contributed by atoms with E-state index in [1.165, 1.54) is 18.7 Å². The SMILES string of the molecule is CCOCC(O)CSCCC(NC(C)=O)C(=O)O. The average Bonchev–Trinajstić information content (AvgIpc) is 2.29. The Balaban J connectivity index is 3.72. The zero-order valence-corrected chi connectivity index (χ0v) is 11.5. The number of aliphatic hydroxyl groups excluding tert-OH is 1. The molecule has 3 N–H and O–H groups in total. The molecule has 2 atom stereocenters. The van der Waals surface area contributed by atoms with E-state index in [0.29, 0.717) is 24.5 Å². The number of hydrogen-bond donors (Lipinski definition) is 3. The summed E-state index contributed by atoms with van der Waals surface area (Å²) in [5.74, 6) is -0.350. The Morgan fingerprint density at radius 1 is 1.44 bits per heavy atom. The fraction of sp³-hybridized carbons (Fsp3) is 0.818. The number of amides is 1. The molecule has 0 aromatic rings. The van der Waals surface area contributed by atoms with E-state index in [0.717, 1.165) is 0 Å². The van der Waals surface area contributed by atoms with Gasteiger partial charge in [0.2, 0.25) is 5.91 Å². The molecule has 0 heterocycles. The lowest BCUT2D eigenvalue weighted by molar-refractivity contribution is -0.141. The van der Waals surface area contributed by atoms with Crippen molar-refractivity contribution in [3.63, 3.8) is 0 Å². The maximum Gasteiger partial charge on any atom is 0.326 e. The normalized spacial score (nSPS) is 13.9. The molecular formula is C11H21NO5S. The molecule has 0 spiro atoms. The van der Waals surface area contributed by atoms with E-state index in [1.54, 1.807) is 0 Å². The van der Waals surface area contributed by atoms with Gasteiger partial charge < -0.3 is 20.3 Å². The van der Waals surface area contributed by atoms with E-state index in [-0.39, 0.29) is 12.5 Å². The maximum atomic E-state index is 10.8. The third kappa shape index (κ3) is 9.26. The highest BCUT2D eigenvalue weighted by molar-refractivity contribution is 7.99. The lowest BCUT2D eigenvalue weighted by Gasteiger charge is -2.14. The van der Waals surface area contributed by atoms with Gasteiger partial charge in [-0.15, -0.1) is 0 Å². The van der Waals surface area contributed by atoms with E-state index in [2.05, 4.69) is 5.32 Å². The summed E-state index contributed by atoms with van der Waals surface area (Å²) in [5, 5.41) is 20.7. The summed E-state index contributed by atoms with van der Waals surface area (Å²) in [5.41, 5.74) is 0. The van der Waals surface area contributed by atoms with E-state index >= 15 is 0 Å². The van der Waals surface area contributed by atoms with Crippen LogP contribution in [0.1, 0.15) is 20.3 Å². The summed E-state index contributed by atoms with van der Waals surface area (Å²) in [6.07, 6.45) is -0.208. The minimum Gasteiger partial charge on any atom is -0.480 e. The molecule has 2 unspecified atom stereocenters. The Bertz CT molecular complexity index is 262. The van der Waals surface area contributed by atoms with Crippen LogP contribution < -0.4 is 5.32 Å². The van der Waals surface area contributed by atoms with Crippen molar-refractivity contribution in [2.75, 3.05) is 24.7 Å². The molecule has 1 amide bonds. The maximum absolute atomic E-state index is 10.8. The number of aliphatic hydroxyl groups is 1. The molecule has 0 bridgehead atoms. The van der Waals surface area contributed by atoms with Gasteiger partial charge in [-0.25, -0.2) is 4.79 Å². The van der Waals surface area contributed by atoms with Crippen LogP contribution >= 0.6 is 11.8 Å². The van der Waals surface area contributed by atoms with Crippen LogP contribution in [0.25, 0.3) is 0 Å². The van der Waals surface area contributed by atoms with Crippen LogP contribution in [0.5, 0.6) is 0 Å². The van der Waals surface area contributed by atoms with Crippen LogP contribution in [0, 0.1) is 0 Å². The van der Waals surface area contributed by atoms with Crippen molar-refractivity contribution in [3.8, 4) is 0 Å². The summed E-state index contributed by atoms with van der Waals surface area (Å²) in [6, 6.07) is -0.862. The number of carbonyl (C=O) groups is 2. The highest BCUT2D eigenvalue weighted by Gasteiger charge is 2.17. The monoisotopic (exact) mass is 279 g/mol. The van der Waals surface area contributed by atoms with Crippen LogP contribution in [0.4, 0.5) is 0 Å². The average molecular weight is 279 g/mol. The van der Waals surface area contributed by atoms with Crippen LogP contribution in [0.3, 0.4) is 0 Å². The topological polar surface area (TPSA) is 95.9 Å². The van der Waals surface area contributed by atoms with Crippen molar-refractivity contribution in [2.45, 2.75) is 32.4 Å². The van der Waals surface area contributed by atoms with E-state index < -0.39 is 18.1 Å². The molecule has 0 saturated carbocycles. The van der Waals surface area contributed by atoms with Crippen LogP contribution in [0.2, 0.25) is 0 Å². The Morgan fingerprint density at radius 2 is 2.11 bits per heavy atom. The molecule has 6 nitrogen and oxygen atoms in total. The fourth-order valence-electron chi connectivity index (χ4n) is 1.23. The molecule has 0 aliphatic carbocycles. The number of carboxylic acids is 1. The number of rotatable bonds is 10. The number of carboxylic acid groups (broad SMARTS) is 1. The van der Waals surface area contributed by atoms with Gasteiger partial charge in [0.05, 0.1) is 12.7 Å². The molecular weight excluding hydrogens is 258 g/mol. The third-order valence-electron chi connectivity index (χ3n) is 2.05. The second kappa shape index (κ2) is 10.2. The summed E-state index contributed by atoms with van der Waals surface area (Å²) < 4.78 is 5.05. The number of nitrogens with one attached hydrogen (secondary N) is 1. The van der Waals surface area contributed by atoms with Gasteiger partial charge in [-0.05, 0) is 19.1 Å². The molecule has 106 valence electrons. The number of hydrogen-bond acceptors (Lipinski definition) is 5. The van der Waals surface area contributed by atoms with Gasteiger partial charge >= 0.3 is 5.97 Å². The van der Waals surface area contributed by atoms with Crippen molar-refractivity contribution >= 4 is 23.6 Å². The molecule has 0 rings (SSSR count). The highest BCUT2D eigenvalue weighted by atomic mass is 32.2. The van der Waals surface area contributed by atoms with Crippen molar-refractivity contribution in [1.82, 2.24) is 5.32 Å². The predicted octanol–water partition coefficient (Wildman–Crippen LogP) is 0.0964. The molecule has 0 saturated heterocycles. The molecule has 0 aromatic carbocycles. The standard InChI is InChI=1S/C11H21NO5S/c1-3-17-6-9(14)7-18-5-4-10(11(15)16)12-8(2)13/h9-10,14H,3-7H2,1-2H3,(H,12,13)(H,15,16). The summed E-state index contributed by atoms with van der Waals surface area (Å²) >= 11 is 1.44. The molecule has 0 radical (unpaired) electrons. The fourth-order valence-corrected chi connectivity index (χ4v) is 2.16. The van der Waals surface area contributed by atoms with E-state index in [1.807, 2.05) is 6.92 Å². The summed E-state index contributed by atoms with van der Waals surface area (Å²) in [6.45, 7) is 3.99. The first-order valence-electron chi connectivity index (χ1n) is 5.80. The van der Waals surface area contributed by atoms with E-state index in [9.17, 15) is 14.7 Å². The first-order chi connectivity index (χ1) is 8.47. The number of aliphatic carboxylic acids is 1. The van der Waals surface area contributed by atoms with Crippen molar-refractivity contribution < 1.29 is 24.5 Å². The van der Waals surface area contributed by atoms with Gasteiger partial charge in [0.15, 0.2) is 0 Å². The zero-order valence-electron chi connectivity index (χ0n) is 10.7. The molecule has 0 aliphatic rings. The second-order valence-corrected chi connectivity index (χ2v) is 4.92. The molecule has 18 heavy (non-hydrogen) atoms. The third-order valence-corrected chi connectivity index (χ3v) is 3.20. The number of thioether (sulfide) groups is 1. The molecule has 0 fully saturated rings. The zero-order chi connectivity index (χ0) is 14.0. The Kier molecular flexibility index (Phi) is 9.72. The van der Waals surface area contributed by atoms with Gasteiger partial charge in [-0.2, -0.15) is 11.8 Å². The second-order valence-electron chi connectivity index (χ2n) is 3.77. The molecule has 0 aliphatic heterocycles. The Morgan fingerprint density at radius 3 is 2.61 bits per heavy atom. The quantitative estimate of drug-likeness (QED) is 0.491. The van der Waals surface area contributed by atoms with Gasteiger partial charge in [-0.3, -0.25) is 4.79 Å². The smallest absolute Gasteiger partial charge is 0.326 e. The Hall–Kier alpha value is -0.790. The van der Waals surface area contributed by atoms with Crippen molar-refractivity contribution in [2.24, 2.45) is 0 Å². The van der Waals surface area contributed by atoms with Crippen LogP contribution in [0.15, 0.2) is 0 Å². The molecule has 7 heteroatoms. The van der Waals surface area contributed by atoms with Crippen molar-refractivity contribution in [3.05, 3.63) is 0 Å². The lowest BCUT2D eigenvalue weighted by Crippen LogP contribution is -2.40. The first kappa shape index (κ1) is 17.2. The van der Waals surface area contributed by atoms with Crippen molar-refractivity contribution in [1.29, 1.82) is 0 Å². The molecule has 0 aromatic heterocycles. The van der Waals surface area contributed by atoms with Crippen LogP contribution in [-0.4, -0.2) is 59.0 Å². The lowest BCUT2D eigenvalue weighted by atomic mass is 10.2. The van der Waals surface area contributed by atoms with Gasteiger partial charge in [0.1, 0.15) is 6.04 Å². The number of carbonyl (C=O) groups excluding carboxylic acids is 1. The largest absolute Gasteiger partial charge is 0.480 e. The van der Waals surface area contributed by atoms with Gasteiger partial charge in [0.25, 0.3) is 0 Å². The van der Waals surface area contributed by atoms with Gasteiger partial charge in [-0.1, -0.05) is 0 Å².